The van der Waals surface area contributed by atoms with Crippen LogP contribution in [0.25, 0.3) is 28.2 Å². The van der Waals surface area contributed by atoms with Crippen molar-refractivity contribution in [2.75, 3.05) is 0 Å². The molecule has 3 N–H and O–H groups in total. The Morgan fingerprint density at radius 1 is 1.05 bits per heavy atom. The van der Waals surface area contributed by atoms with E-state index >= 15 is 0 Å². The summed E-state index contributed by atoms with van der Waals surface area (Å²) >= 11 is 0. The van der Waals surface area contributed by atoms with Crippen LogP contribution in [-0.4, -0.2) is 9.97 Å². The van der Waals surface area contributed by atoms with Crippen molar-refractivity contribution in [3.05, 3.63) is 64.2 Å². The number of H-pyrrole nitrogens is 2. The van der Waals surface area contributed by atoms with E-state index in [4.69, 9.17) is 0 Å². The van der Waals surface area contributed by atoms with Crippen LogP contribution in [0.4, 0.5) is 0 Å². The van der Waals surface area contributed by atoms with Gasteiger partial charge in [-0.15, -0.1) is 0 Å². The van der Waals surface area contributed by atoms with Gasteiger partial charge in [-0.1, -0.05) is 18.2 Å². The molecule has 4 nitrogen and oxygen atoms in total. The third-order valence-electron chi connectivity index (χ3n) is 3.64. The van der Waals surface area contributed by atoms with Crippen LogP contribution in [0, 0.1) is 0 Å². The first-order valence-corrected chi connectivity index (χ1v) is 6.55. The molecular weight excluding hydrogens is 250 g/mol. The first kappa shape index (κ1) is 11.1. The number of pyridine rings is 1. The van der Waals surface area contributed by atoms with Crippen LogP contribution >= 0.6 is 0 Å². The number of aromatic nitrogens is 2. The minimum absolute atomic E-state index is 0.0702. The largest absolute Gasteiger partial charge is 0.387 e. The van der Waals surface area contributed by atoms with Gasteiger partial charge in [0.15, 0.2) is 0 Å². The normalized spacial score (nSPS) is 13.2. The summed E-state index contributed by atoms with van der Waals surface area (Å²) in [6.45, 7) is 0.786. The van der Waals surface area contributed by atoms with Crippen molar-refractivity contribution in [2.45, 2.75) is 6.54 Å². The minimum atomic E-state index is -0.0702. The van der Waals surface area contributed by atoms with Crippen molar-refractivity contribution in [1.82, 2.24) is 15.3 Å². The number of hydrogen-bond acceptors (Lipinski definition) is 2. The van der Waals surface area contributed by atoms with Gasteiger partial charge < -0.3 is 15.3 Å². The van der Waals surface area contributed by atoms with E-state index in [0.717, 1.165) is 28.8 Å². The zero-order valence-corrected chi connectivity index (χ0v) is 10.7. The van der Waals surface area contributed by atoms with E-state index in [1.807, 2.05) is 48.7 Å². The fourth-order valence-electron chi connectivity index (χ4n) is 2.61. The minimum Gasteiger partial charge on any atom is -0.387 e. The third-order valence-corrected chi connectivity index (χ3v) is 3.64. The summed E-state index contributed by atoms with van der Waals surface area (Å²) < 4.78 is 0. The quantitative estimate of drug-likeness (QED) is 0.632. The monoisotopic (exact) mass is 263 g/mol. The van der Waals surface area contributed by atoms with Crippen LogP contribution in [0.15, 0.2) is 47.4 Å². The molecule has 3 heterocycles. The van der Waals surface area contributed by atoms with Gasteiger partial charge in [0.25, 0.3) is 5.56 Å². The van der Waals surface area contributed by atoms with Gasteiger partial charge in [0.2, 0.25) is 0 Å². The lowest BCUT2D eigenvalue weighted by molar-refractivity contribution is 0.859. The summed E-state index contributed by atoms with van der Waals surface area (Å²) in [6.07, 6.45) is 3.89. The van der Waals surface area contributed by atoms with E-state index in [0.29, 0.717) is 5.56 Å². The second kappa shape index (κ2) is 4.13. The number of fused-ring (bicyclic) bond motifs is 2. The zero-order chi connectivity index (χ0) is 13.5. The van der Waals surface area contributed by atoms with Crippen LogP contribution in [0.3, 0.4) is 0 Å². The number of para-hydroxylation sites is 1. The molecule has 0 radical (unpaired) electrons. The van der Waals surface area contributed by atoms with Crippen LogP contribution < -0.4 is 10.9 Å². The van der Waals surface area contributed by atoms with E-state index in [2.05, 4.69) is 15.3 Å². The highest BCUT2D eigenvalue weighted by Crippen LogP contribution is 2.23. The van der Waals surface area contributed by atoms with Gasteiger partial charge in [0.1, 0.15) is 0 Å². The molecule has 4 heteroatoms. The first-order valence-electron chi connectivity index (χ1n) is 6.55. The number of aromatic amines is 2. The molecule has 0 unspecified atom stereocenters. The summed E-state index contributed by atoms with van der Waals surface area (Å²) in [7, 11) is 0. The van der Waals surface area contributed by atoms with Gasteiger partial charge in [-0.2, -0.15) is 0 Å². The first-order chi connectivity index (χ1) is 9.81. The molecule has 0 saturated heterocycles. The molecule has 0 fully saturated rings. The molecule has 0 atom stereocenters. The van der Waals surface area contributed by atoms with Crippen LogP contribution in [0.1, 0.15) is 11.3 Å². The van der Waals surface area contributed by atoms with E-state index in [-0.39, 0.29) is 5.56 Å². The van der Waals surface area contributed by atoms with E-state index < -0.39 is 0 Å². The second-order valence-corrected chi connectivity index (χ2v) is 4.94. The van der Waals surface area contributed by atoms with Crippen molar-refractivity contribution >= 4 is 17.0 Å². The Balaban J connectivity index is 1.93. The summed E-state index contributed by atoms with van der Waals surface area (Å²) in [5, 5.41) is 4.19. The highest BCUT2D eigenvalue weighted by Gasteiger charge is 2.12. The highest BCUT2D eigenvalue weighted by molar-refractivity contribution is 5.83. The molecule has 2 aromatic heterocycles. The fraction of sp³-hybridized carbons (Fsp3) is 0.0625. The highest BCUT2D eigenvalue weighted by atomic mass is 16.1. The lowest BCUT2D eigenvalue weighted by Crippen LogP contribution is -2.08. The van der Waals surface area contributed by atoms with Crippen molar-refractivity contribution in [3.63, 3.8) is 0 Å². The summed E-state index contributed by atoms with van der Waals surface area (Å²) in [4.78, 5) is 18.5. The Labute approximate surface area is 115 Å². The van der Waals surface area contributed by atoms with Crippen LogP contribution in [-0.2, 0) is 6.54 Å². The zero-order valence-electron chi connectivity index (χ0n) is 10.7. The van der Waals surface area contributed by atoms with E-state index in [1.54, 1.807) is 0 Å². The molecular formula is C16H13N3O. The Morgan fingerprint density at radius 2 is 1.95 bits per heavy atom. The van der Waals surface area contributed by atoms with Crippen LogP contribution in [0.2, 0.25) is 0 Å². The van der Waals surface area contributed by atoms with Gasteiger partial charge in [0, 0.05) is 17.8 Å². The third kappa shape index (κ3) is 1.66. The maximum Gasteiger partial charge on any atom is 0.257 e. The molecule has 4 rings (SSSR count). The van der Waals surface area contributed by atoms with Crippen molar-refractivity contribution in [1.29, 1.82) is 0 Å². The predicted molar refractivity (Wildman–Crippen MR) is 80.2 cm³/mol. The van der Waals surface area contributed by atoms with Gasteiger partial charge in [-0.3, -0.25) is 4.79 Å². The maximum atomic E-state index is 12.2. The average Bonchev–Trinajstić information content (AvgIpc) is 2.90. The number of nitrogens with one attached hydrogen (secondary N) is 3. The molecule has 0 saturated carbocycles. The van der Waals surface area contributed by atoms with Crippen molar-refractivity contribution in [3.8, 4) is 11.3 Å². The summed E-state index contributed by atoms with van der Waals surface area (Å²) in [5.74, 6) is 0. The predicted octanol–water partition coefficient (Wildman–Crippen LogP) is 2.60. The molecule has 1 aliphatic heterocycles. The van der Waals surface area contributed by atoms with Gasteiger partial charge in [-0.05, 0) is 41.4 Å². The molecule has 0 spiro atoms. The standard InChI is InChI=1S/C16H13N3O/c20-16-12(7-10-3-1-2-4-13(10)19-16)15-8-11-9-17-6-5-14(11)18-15/h1-8,17-18H,9H2,(H,19,20). The van der Waals surface area contributed by atoms with Gasteiger partial charge >= 0.3 is 0 Å². The molecule has 1 aromatic carbocycles. The molecule has 0 amide bonds. The Kier molecular flexibility index (Phi) is 2.29. The van der Waals surface area contributed by atoms with Gasteiger partial charge in [0.05, 0.1) is 11.3 Å². The van der Waals surface area contributed by atoms with Crippen molar-refractivity contribution in [2.24, 2.45) is 0 Å². The van der Waals surface area contributed by atoms with E-state index in [9.17, 15) is 4.79 Å². The molecule has 3 aromatic rings. The molecule has 20 heavy (non-hydrogen) atoms. The summed E-state index contributed by atoms with van der Waals surface area (Å²) in [5.41, 5.74) is 4.56. The average molecular weight is 263 g/mol. The van der Waals surface area contributed by atoms with Crippen molar-refractivity contribution < 1.29 is 0 Å². The molecule has 98 valence electrons. The van der Waals surface area contributed by atoms with E-state index in [1.165, 1.54) is 5.56 Å². The van der Waals surface area contributed by atoms with Gasteiger partial charge in [-0.25, -0.2) is 0 Å². The Hall–Kier alpha value is -2.75. The topological polar surface area (TPSA) is 60.7 Å². The molecule has 0 aliphatic carbocycles. The lowest BCUT2D eigenvalue weighted by atomic mass is 10.1. The lowest BCUT2D eigenvalue weighted by Gasteiger charge is -2.05. The second-order valence-electron chi connectivity index (χ2n) is 4.94. The summed E-state index contributed by atoms with van der Waals surface area (Å²) in [6, 6.07) is 11.8. The number of hydrogen-bond donors (Lipinski definition) is 3. The maximum absolute atomic E-state index is 12.2. The fourth-order valence-corrected chi connectivity index (χ4v) is 2.61. The number of rotatable bonds is 1. The Morgan fingerprint density at radius 3 is 2.85 bits per heavy atom. The van der Waals surface area contributed by atoms with Crippen LogP contribution in [0.5, 0.6) is 0 Å². The number of benzene rings is 1. The Bertz CT molecular complexity index is 886. The molecule has 1 aliphatic rings. The molecule has 0 bridgehead atoms. The SMILES string of the molecule is O=c1[nH]c2ccccc2cc1-c1cc2c([nH]1)C=CNC2. The smallest absolute Gasteiger partial charge is 0.257 e.